The van der Waals surface area contributed by atoms with Crippen molar-refractivity contribution >= 4 is 28.4 Å². The van der Waals surface area contributed by atoms with Crippen molar-refractivity contribution in [1.82, 2.24) is 20.4 Å². The highest BCUT2D eigenvalue weighted by Crippen LogP contribution is 2.28. The third-order valence-corrected chi connectivity index (χ3v) is 4.05. The van der Waals surface area contributed by atoms with E-state index in [0.29, 0.717) is 43.0 Å². The van der Waals surface area contributed by atoms with E-state index >= 15 is 0 Å². The molecule has 11 heteroatoms. The Bertz CT molecular complexity index is 979. The van der Waals surface area contributed by atoms with E-state index in [9.17, 15) is 13.2 Å². The maximum Gasteiger partial charge on any atom is 0.573 e. The topological polar surface area (TPSA) is 85.3 Å². The van der Waals surface area contributed by atoms with Gasteiger partial charge in [0.2, 0.25) is 0 Å². The van der Waals surface area contributed by atoms with Crippen LogP contribution in [-0.2, 0) is 4.74 Å². The molecule has 4 rings (SSSR count). The Morgan fingerprint density at radius 1 is 1.07 bits per heavy atom. The molecule has 0 bridgehead atoms. The number of nitrogens with one attached hydrogen (secondary N) is 1. The van der Waals surface area contributed by atoms with Crippen LogP contribution in [0.1, 0.15) is 0 Å². The number of ether oxygens (including phenoxy) is 2. The van der Waals surface area contributed by atoms with E-state index in [4.69, 9.17) is 4.74 Å². The highest BCUT2D eigenvalue weighted by Gasteiger charge is 2.31. The molecule has 1 aliphatic heterocycles. The fourth-order valence-electron chi connectivity index (χ4n) is 2.82. The monoisotopic (exact) mass is 392 g/mol. The number of hydrogen-bond donors (Lipinski definition) is 1. The third-order valence-electron chi connectivity index (χ3n) is 4.05. The number of rotatable bonds is 4. The summed E-state index contributed by atoms with van der Waals surface area (Å²) < 4.78 is 46.6. The second-order valence-electron chi connectivity index (χ2n) is 5.98. The third kappa shape index (κ3) is 4.19. The van der Waals surface area contributed by atoms with E-state index in [1.165, 1.54) is 18.2 Å². The number of nitrogens with zero attached hydrogens (tertiary/aromatic N) is 5. The number of halogens is 3. The fourth-order valence-corrected chi connectivity index (χ4v) is 2.82. The molecule has 0 spiro atoms. The summed E-state index contributed by atoms with van der Waals surface area (Å²) in [5.41, 5.74) is 1.32. The lowest BCUT2D eigenvalue weighted by Crippen LogP contribution is -2.36. The SMILES string of the molecule is FC(F)(F)Oc1cccc(Nc2nnnc3ccc(N4CCOCC4)nc23)c1. The summed E-state index contributed by atoms with van der Waals surface area (Å²) in [6.07, 6.45) is -4.77. The molecule has 3 aromatic rings. The minimum absolute atomic E-state index is 0.282. The molecule has 3 heterocycles. The van der Waals surface area contributed by atoms with Crippen molar-refractivity contribution < 1.29 is 22.6 Å². The van der Waals surface area contributed by atoms with Crippen LogP contribution < -0.4 is 15.0 Å². The smallest absolute Gasteiger partial charge is 0.406 e. The van der Waals surface area contributed by atoms with Crippen molar-refractivity contribution in [2.45, 2.75) is 6.36 Å². The lowest BCUT2D eigenvalue weighted by atomic mass is 10.3. The van der Waals surface area contributed by atoms with Crippen LogP contribution in [0.2, 0.25) is 0 Å². The number of pyridine rings is 1. The van der Waals surface area contributed by atoms with Crippen molar-refractivity contribution in [2.24, 2.45) is 0 Å². The van der Waals surface area contributed by atoms with Gasteiger partial charge in [0.1, 0.15) is 22.6 Å². The van der Waals surface area contributed by atoms with Crippen molar-refractivity contribution in [2.75, 3.05) is 36.5 Å². The Morgan fingerprint density at radius 3 is 2.68 bits per heavy atom. The number of benzene rings is 1. The molecule has 28 heavy (non-hydrogen) atoms. The molecule has 1 fully saturated rings. The van der Waals surface area contributed by atoms with E-state index < -0.39 is 6.36 Å². The quantitative estimate of drug-likeness (QED) is 0.726. The van der Waals surface area contributed by atoms with Gasteiger partial charge in [0, 0.05) is 24.8 Å². The standard InChI is InChI=1S/C17H15F3N6O2/c18-17(19,20)28-12-3-1-2-11(10-12)21-16-15-13(23-25-24-16)4-5-14(22-15)26-6-8-27-9-7-26/h1-5,10H,6-9H2,(H,21,23,24). The summed E-state index contributed by atoms with van der Waals surface area (Å²) in [7, 11) is 0. The van der Waals surface area contributed by atoms with Gasteiger partial charge in [-0.3, -0.25) is 0 Å². The molecule has 1 aliphatic rings. The minimum Gasteiger partial charge on any atom is -0.406 e. The van der Waals surface area contributed by atoms with Gasteiger partial charge in [0.25, 0.3) is 0 Å². The number of morpholine rings is 1. The first-order valence-corrected chi connectivity index (χ1v) is 8.44. The number of aromatic nitrogens is 4. The van der Waals surface area contributed by atoms with E-state index in [1.807, 2.05) is 6.07 Å². The molecular weight excluding hydrogens is 377 g/mol. The van der Waals surface area contributed by atoms with Crippen molar-refractivity contribution in [3.05, 3.63) is 36.4 Å². The first-order chi connectivity index (χ1) is 13.5. The second-order valence-corrected chi connectivity index (χ2v) is 5.98. The molecular formula is C17H15F3N6O2. The van der Waals surface area contributed by atoms with Crippen molar-refractivity contribution in [3.8, 4) is 5.75 Å². The number of hydrogen-bond acceptors (Lipinski definition) is 8. The van der Waals surface area contributed by atoms with Crippen LogP contribution in [0.25, 0.3) is 11.0 Å². The van der Waals surface area contributed by atoms with E-state index in [-0.39, 0.29) is 11.6 Å². The summed E-state index contributed by atoms with van der Waals surface area (Å²) in [6, 6.07) is 9.06. The summed E-state index contributed by atoms with van der Waals surface area (Å²) in [5, 5.41) is 14.5. The largest absolute Gasteiger partial charge is 0.573 e. The Hall–Kier alpha value is -3.21. The first-order valence-electron chi connectivity index (χ1n) is 8.44. The Labute approximate surface area is 157 Å². The predicted octanol–water partition coefficient (Wildman–Crippen LogP) is 2.90. The average molecular weight is 392 g/mol. The first kappa shape index (κ1) is 18.2. The molecule has 8 nitrogen and oxygen atoms in total. The van der Waals surface area contributed by atoms with Gasteiger partial charge in [0.05, 0.1) is 13.2 Å². The Kier molecular flexibility index (Phi) is 4.82. The molecule has 2 aromatic heterocycles. The van der Waals surface area contributed by atoms with Gasteiger partial charge in [-0.1, -0.05) is 6.07 Å². The second kappa shape index (κ2) is 7.43. The maximum absolute atomic E-state index is 12.4. The highest BCUT2D eigenvalue weighted by atomic mass is 19.4. The Morgan fingerprint density at radius 2 is 1.89 bits per heavy atom. The summed E-state index contributed by atoms with van der Waals surface area (Å²) >= 11 is 0. The number of anilines is 3. The molecule has 1 saturated heterocycles. The summed E-state index contributed by atoms with van der Waals surface area (Å²) in [4.78, 5) is 6.68. The van der Waals surface area contributed by atoms with Crippen LogP contribution in [0, 0.1) is 0 Å². The normalized spacial score (nSPS) is 14.9. The van der Waals surface area contributed by atoms with Gasteiger partial charge in [-0.2, -0.15) is 0 Å². The van der Waals surface area contributed by atoms with Gasteiger partial charge in [-0.25, -0.2) is 4.98 Å². The zero-order valence-electron chi connectivity index (χ0n) is 14.5. The molecule has 0 aliphatic carbocycles. The van der Waals surface area contributed by atoms with Crippen LogP contribution in [-0.4, -0.2) is 53.1 Å². The van der Waals surface area contributed by atoms with Gasteiger partial charge in [-0.05, 0) is 29.5 Å². The molecule has 1 N–H and O–H groups in total. The summed E-state index contributed by atoms with van der Waals surface area (Å²) in [5.74, 6) is 0.679. The zero-order valence-corrected chi connectivity index (χ0v) is 14.5. The van der Waals surface area contributed by atoms with Gasteiger partial charge in [0.15, 0.2) is 5.82 Å². The van der Waals surface area contributed by atoms with Gasteiger partial charge in [-0.15, -0.1) is 23.4 Å². The molecule has 146 valence electrons. The minimum atomic E-state index is -4.77. The molecule has 0 radical (unpaired) electrons. The van der Waals surface area contributed by atoms with Crippen LogP contribution >= 0.6 is 0 Å². The fraction of sp³-hybridized carbons (Fsp3) is 0.294. The molecule has 0 atom stereocenters. The van der Waals surface area contributed by atoms with Crippen LogP contribution in [0.3, 0.4) is 0 Å². The average Bonchev–Trinajstić information content (AvgIpc) is 2.68. The molecule has 0 unspecified atom stereocenters. The highest BCUT2D eigenvalue weighted by molar-refractivity contribution is 5.87. The van der Waals surface area contributed by atoms with Crippen molar-refractivity contribution in [1.29, 1.82) is 0 Å². The lowest BCUT2D eigenvalue weighted by molar-refractivity contribution is -0.274. The number of fused-ring (bicyclic) bond motifs is 1. The molecule has 0 saturated carbocycles. The van der Waals surface area contributed by atoms with E-state index in [1.54, 1.807) is 12.1 Å². The van der Waals surface area contributed by atoms with Crippen molar-refractivity contribution in [3.63, 3.8) is 0 Å². The van der Waals surface area contributed by atoms with Gasteiger partial charge >= 0.3 is 6.36 Å². The lowest BCUT2D eigenvalue weighted by Gasteiger charge is -2.27. The maximum atomic E-state index is 12.4. The van der Waals surface area contributed by atoms with Crippen LogP contribution in [0.4, 0.5) is 30.5 Å². The van der Waals surface area contributed by atoms with E-state index in [2.05, 4.69) is 35.3 Å². The van der Waals surface area contributed by atoms with E-state index in [0.717, 1.165) is 5.82 Å². The molecule has 1 aromatic carbocycles. The predicted molar refractivity (Wildman–Crippen MR) is 94.6 cm³/mol. The molecule has 0 amide bonds. The van der Waals surface area contributed by atoms with Crippen LogP contribution in [0.5, 0.6) is 5.75 Å². The summed E-state index contributed by atoms with van der Waals surface area (Å²) in [6.45, 7) is 2.65. The van der Waals surface area contributed by atoms with Crippen LogP contribution in [0.15, 0.2) is 36.4 Å². The zero-order chi connectivity index (χ0) is 19.6. The van der Waals surface area contributed by atoms with Gasteiger partial charge < -0.3 is 19.7 Å². The Balaban J connectivity index is 1.64. The number of alkyl halides is 3.